The maximum Gasteiger partial charge on any atom is 0.319 e. The molecule has 0 radical (unpaired) electrons. The lowest BCUT2D eigenvalue weighted by Crippen LogP contribution is -2.46. The molecule has 3 amide bonds. The Morgan fingerprint density at radius 1 is 1.18 bits per heavy atom. The number of nitrogens with zero attached hydrogens (tertiary/aromatic N) is 4. The van der Waals surface area contributed by atoms with Crippen LogP contribution < -0.4 is 14.2 Å². The molecule has 0 aliphatic carbocycles. The lowest BCUT2D eigenvalue weighted by molar-refractivity contribution is -0.144. The van der Waals surface area contributed by atoms with Gasteiger partial charge in [-0.3, -0.25) is 14.5 Å². The maximum absolute atomic E-state index is 13.5. The zero-order chi connectivity index (χ0) is 28.8. The van der Waals surface area contributed by atoms with E-state index in [9.17, 15) is 24.6 Å². The molecule has 0 aromatic heterocycles. The van der Waals surface area contributed by atoms with Crippen molar-refractivity contribution in [1.82, 2.24) is 19.6 Å². The quantitative estimate of drug-likeness (QED) is 0.347. The van der Waals surface area contributed by atoms with Crippen molar-refractivity contribution in [2.75, 3.05) is 73.4 Å². The van der Waals surface area contributed by atoms with Gasteiger partial charge in [0, 0.05) is 64.9 Å². The number of carbonyl (C=O) groups excluding carboxylic acids is 2. The Balaban J connectivity index is 1.62. The topological polar surface area (TPSA) is 132 Å². The zero-order valence-electron chi connectivity index (χ0n) is 23.7. The van der Waals surface area contributed by atoms with Crippen LogP contribution >= 0.6 is 0 Å². The molecule has 3 unspecified atom stereocenters. The summed E-state index contributed by atoms with van der Waals surface area (Å²) >= 11 is 0. The van der Waals surface area contributed by atoms with Gasteiger partial charge in [0.2, 0.25) is 18.4 Å². The summed E-state index contributed by atoms with van der Waals surface area (Å²) in [4.78, 5) is 46.0. The van der Waals surface area contributed by atoms with E-state index in [0.29, 0.717) is 69.4 Å². The predicted molar refractivity (Wildman–Crippen MR) is 146 cm³/mol. The number of fused-ring (bicyclic) bond motifs is 1. The molecule has 2 N–H and O–H groups in total. The Kier molecular flexibility index (Phi) is 9.96. The molecular formula is C28H42N4O8. The molecule has 2 saturated heterocycles. The molecular weight excluding hydrogens is 520 g/mol. The fourth-order valence-electron chi connectivity index (χ4n) is 6.00. The Morgan fingerprint density at radius 3 is 2.60 bits per heavy atom. The highest BCUT2D eigenvalue weighted by atomic mass is 16.7. The molecule has 4 rings (SSSR count). The number of carbonyl (C=O) groups is 3. The van der Waals surface area contributed by atoms with Crippen molar-refractivity contribution in [2.45, 2.75) is 44.6 Å². The third-order valence-electron chi connectivity index (χ3n) is 8.20. The zero-order valence-corrected chi connectivity index (χ0v) is 23.7. The summed E-state index contributed by atoms with van der Waals surface area (Å²) in [5.41, 5.74) is 0.744. The summed E-state index contributed by atoms with van der Waals surface area (Å²) in [5, 5.41) is 19.8. The Hall–Kier alpha value is -3.25. The molecule has 3 atom stereocenters. The minimum absolute atomic E-state index is 0.00430. The molecule has 3 aliphatic heterocycles. The number of urea groups is 1. The number of amides is 3. The van der Waals surface area contributed by atoms with Crippen molar-refractivity contribution < 1.29 is 38.8 Å². The van der Waals surface area contributed by atoms with Gasteiger partial charge in [0.15, 0.2) is 11.5 Å². The molecule has 3 aliphatic rings. The van der Waals surface area contributed by atoms with E-state index in [-0.39, 0.29) is 31.9 Å². The molecule has 12 heteroatoms. The molecule has 1 aromatic carbocycles. The highest BCUT2D eigenvalue weighted by molar-refractivity contribution is 5.79. The van der Waals surface area contributed by atoms with E-state index < -0.39 is 23.8 Å². The third kappa shape index (κ3) is 6.38. The first-order valence-electron chi connectivity index (χ1n) is 14.1. The van der Waals surface area contributed by atoms with Crippen LogP contribution in [0.2, 0.25) is 0 Å². The molecule has 3 heterocycles. The maximum atomic E-state index is 13.5. The largest absolute Gasteiger partial charge is 0.493 e. The minimum Gasteiger partial charge on any atom is -0.493 e. The average molecular weight is 563 g/mol. The summed E-state index contributed by atoms with van der Waals surface area (Å²) in [6.45, 7) is 5.20. The first kappa shape index (κ1) is 29.7. The first-order chi connectivity index (χ1) is 19.3. The van der Waals surface area contributed by atoms with Crippen LogP contribution in [0.15, 0.2) is 12.1 Å². The van der Waals surface area contributed by atoms with Gasteiger partial charge in [-0.05, 0) is 37.0 Å². The minimum atomic E-state index is -0.949. The molecule has 2 fully saturated rings. The van der Waals surface area contributed by atoms with E-state index in [1.54, 1.807) is 27.8 Å². The number of ether oxygens (including phenoxy) is 3. The molecule has 0 bridgehead atoms. The molecule has 0 saturated carbocycles. The van der Waals surface area contributed by atoms with Gasteiger partial charge in [0.25, 0.3) is 0 Å². The van der Waals surface area contributed by atoms with Gasteiger partial charge in [-0.15, -0.1) is 0 Å². The van der Waals surface area contributed by atoms with Crippen molar-refractivity contribution in [1.29, 1.82) is 0 Å². The third-order valence-corrected chi connectivity index (χ3v) is 8.20. The number of unbranched alkanes of at least 4 members (excludes halogenated alkanes) is 1. The van der Waals surface area contributed by atoms with Crippen LogP contribution in [0.5, 0.6) is 17.2 Å². The van der Waals surface area contributed by atoms with E-state index in [2.05, 4.69) is 6.92 Å². The van der Waals surface area contributed by atoms with E-state index in [1.165, 1.54) is 7.11 Å². The fraction of sp³-hybridized carbons (Fsp3) is 0.679. The second-order valence-corrected chi connectivity index (χ2v) is 10.7. The Labute approximate surface area is 235 Å². The van der Waals surface area contributed by atoms with Gasteiger partial charge in [0.1, 0.15) is 0 Å². The molecule has 12 nitrogen and oxygen atoms in total. The van der Waals surface area contributed by atoms with Crippen LogP contribution in [0.25, 0.3) is 0 Å². The van der Waals surface area contributed by atoms with Gasteiger partial charge in [0.05, 0.1) is 19.6 Å². The number of carboxylic acid groups (broad SMARTS) is 1. The first-order valence-corrected chi connectivity index (χ1v) is 14.1. The van der Waals surface area contributed by atoms with Crippen molar-refractivity contribution in [3.05, 3.63) is 17.7 Å². The van der Waals surface area contributed by atoms with Gasteiger partial charge in [-0.2, -0.15) is 0 Å². The van der Waals surface area contributed by atoms with Gasteiger partial charge in [-0.25, -0.2) is 4.79 Å². The van der Waals surface area contributed by atoms with Crippen LogP contribution in [-0.4, -0.2) is 127 Å². The number of hydrogen-bond donors (Lipinski definition) is 2. The van der Waals surface area contributed by atoms with Gasteiger partial charge >= 0.3 is 12.0 Å². The summed E-state index contributed by atoms with van der Waals surface area (Å²) < 4.78 is 16.7. The summed E-state index contributed by atoms with van der Waals surface area (Å²) in [6.07, 6.45) is 2.69. The number of likely N-dealkylation sites (tertiary alicyclic amines) is 1. The standard InChI is InChI=1S/C28H42N4O8/c1-4-5-8-30(9-6-13-33)24(34)17-32-16-20(19-14-22(38-3)26-23(15-19)39-18-40-26)25(27(35)36)21(32)7-10-31-12-11-29(2)28(31)37/h14-15,20-21,25,33H,4-13,16-18H2,1-3H3,(H,35,36). The molecule has 40 heavy (non-hydrogen) atoms. The smallest absolute Gasteiger partial charge is 0.319 e. The summed E-state index contributed by atoms with van der Waals surface area (Å²) in [7, 11) is 3.28. The highest BCUT2D eigenvalue weighted by Crippen LogP contribution is 2.47. The van der Waals surface area contributed by atoms with E-state index in [0.717, 1.165) is 18.4 Å². The lowest BCUT2D eigenvalue weighted by atomic mass is 9.84. The van der Waals surface area contributed by atoms with E-state index in [1.807, 2.05) is 11.0 Å². The van der Waals surface area contributed by atoms with Crippen LogP contribution in [-0.2, 0) is 9.59 Å². The number of carboxylic acids is 1. The van der Waals surface area contributed by atoms with Crippen LogP contribution in [0.3, 0.4) is 0 Å². The second-order valence-electron chi connectivity index (χ2n) is 10.7. The Bertz CT molecular complexity index is 1060. The van der Waals surface area contributed by atoms with Crippen molar-refractivity contribution in [3.63, 3.8) is 0 Å². The number of benzene rings is 1. The summed E-state index contributed by atoms with van der Waals surface area (Å²) in [5.74, 6) is -0.809. The van der Waals surface area contributed by atoms with Crippen molar-refractivity contribution >= 4 is 17.9 Å². The predicted octanol–water partition coefficient (Wildman–Crippen LogP) is 1.66. The van der Waals surface area contributed by atoms with Gasteiger partial charge in [-0.1, -0.05) is 13.3 Å². The lowest BCUT2D eigenvalue weighted by Gasteiger charge is -2.30. The van der Waals surface area contributed by atoms with Crippen LogP contribution in [0.4, 0.5) is 4.79 Å². The number of aliphatic hydroxyl groups excluding tert-OH is 1. The fourth-order valence-corrected chi connectivity index (χ4v) is 6.00. The summed E-state index contributed by atoms with van der Waals surface area (Å²) in [6, 6.07) is 3.07. The average Bonchev–Trinajstić information content (AvgIpc) is 3.64. The highest BCUT2D eigenvalue weighted by Gasteiger charge is 2.48. The molecule has 0 spiro atoms. The van der Waals surface area contributed by atoms with E-state index >= 15 is 0 Å². The monoisotopic (exact) mass is 562 g/mol. The Morgan fingerprint density at radius 2 is 1.95 bits per heavy atom. The number of methoxy groups -OCH3 is 1. The second kappa shape index (κ2) is 13.4. The van der Waals surface area contributed by atoms with Crippen LogP contribution in [0, 0.1) is 5.92 Å². The van der Waals surface area contributed by atoms with Crippen LogP contribution in [0.1, 0.15) is 44.1 Å². The van der Waals surface area contributed by atoms with E-state index in [4.69, 9.17) is 14.2 Å². The van der Waals surface area contributed by atoms with Crippen molar-refractivity contribution in [3.8, 4) is 17.2 Å². The number of aliphatic hydroxyl groups is 1. The number of likely N-dealkylation sites (N-methyl/N-ethyl adjacent to an activating group) is 1. The number of hydrogen-bond acceptors (Lipinski definition) is 8. The SMILES string of the molecule is CCCCN(CCCO)C(=O)CN1CC(c2cc(OC)c3c(c2)OCO3)C(C(=O)O)C1CCN1CCN(C)C1=O. The van der Waals surface area contributed by atoms with Gasteiger partial charge < -0.3 is 39.1 Å². The molecule has 1 aromatic rings. The normalized spacial score (nSPS) is 22.3. The number of aliphatic carboxylic acids is 1. The number of rotatable bonds is 14. The molecule has 222 valence electrons. The van der Waals surface area contributed by atoms with Crippen molar-refractivity contribution in [2.24, 2.45) is 5.92 Å².